The van der Waals surface area contributed by atoms with E-state index in [-0.39, 0.29) is 11.8 Å². The summed E-state index contributed by atoms with van der Waals surface area (Å²) in [5.74, 6) is 0.942. The number of para-hydroxylation sites is 1. The van der Waals surface area contributed by atoms with Gasteiger partial charge in [-0.3, -0.25) is 9.59 Å². The van der Waals surface area contributed by atoms with Gasteiger partial charge >= 0.3 is 0 Å². The summed E-state index contributed by atoms with van der Waals surface area (Å²) in [6.07, 6.45) is 3.01. The maximum absolute atomic E-state index is 12.4. The molecule has 0 unspecified atom stereocenters. The number of amides is 2. The van der Waals surface area contributed by atoms with Crippen LogP contribution < -0.4 is 10.1 Å². The molecule has 3 rings (SSSR count). The third kappa shape index (κ3) is 6.56. The van der Waals surface area contributed by atoms with Gasteiger partial charge in [-0.2, -0.15) is 0 Å². The van der Waals surface area contributed by atoms with E-state index in [4.69, 9.17) is 4.74 Å². The third-order valence-electron chi connectivity index (χ3n) is 5.79. The van der Waals surface area contributed by atoms with E-state index in [1.165, 1.54) is 0 Å². The molecule has 6 heteroatoms. The minimum atomic E-state index is -0.0431. The number of nitrogens with one attached hydrogen (secondary N) is 1. The standard InChI is InChI=1S/C25H33N3O3/c1-20(29)28-17-7-16-27(18-19-28)15-6-5-14-26-25(30)22-12-10-21(11-13-22)23-8-3-4-9-24(23)31-2/h3-4,8-13H,5-7,14-19H2,1-2H3,(H,26,30). The average Bonchev–Trinajstić information content (AvgIpc) is 3.05. The van der Waals surface area contributed by atoms with Gasteiger partial charge in [0.1, 0.15) is 5.75 Å². The van der Waals surface area contributed by atoms with E-state index in [1.54, 1.807) is 14.0 Å². The van der Waals surface area contributed by atoms with Crippen LogP contribution in [0.1, 0.15) is 36.5 Å². The Morgan fingerprint density at radius 3 is 2.48 bits per heavy atom. The van der Waals surface area contributed by atoms with Gasteiger partial charge in [0.05, 0.1) is 7.11 Å². The third-order valence-corrected chi connectivity index (χ3v) is 5.79. The number of unbranched alkanes of at least 4 members (excludes halogenated alkanes) is 1. The molecule has 0 spiro atoms. The van der Waals surface area contributed by atoms with Gasteiger partial charge in [-0.05, 0) is 56.1 Å². The summed E-state index contributed by atoms with van der Waals surface area (Å²) in [4.78, 5) is 28.3. The SMILES string of the molecule is COc1ccccc1-c1ccc(C(=O)NCCCCN2CCCN(C(C)=O)CC2)cc1. The molecule has 1 heterocycles. The molecule has 166 valence electrons. The lowest BCUT2D eigenvalue weighted by molar-refractivity contribution is -0.128. The van der Waals surface area contributed by atoms with Crippen molar-refractivity contribution in [2.24, 2.45) is 0 Å². The van der Waals surface area contributed by atoms with Crippen molar-refractivity contribution in [3.63, 3.8) is 0 Å². The molecule has 0 saturated carbocycles. The molecule has 1 aliphatic heterocycles. The Morgan fingerprint density at radius 1 is 0.968 bits per heavy atom. The van der Waals surface area contributed by atoms with Gasteiger partial charge in [-0.1, -0.05) is 30.3 Å². The largest absolute Gasteiger partial charge is 0.496 e. The number of carbonyl (C=O) groups excluding carboxylic acids is 2. The molecule has 31 heavy (non-hydrogen) atoms. The predicted molar refractivity (Wildman–Crippen MR) is 123 cm³/mol. The zero-order valence-electron chi connectivity index (χ0n) is 18.6. The zero-order chi connectivity index (χ0) is 22.1. The van der Waals surface area contributed by atoms with Crippen LogP contribution in [-0.2, 0) is 4.79 Å². The molecule has 0 radical (unpaired) electrons. The minimum absolute atomic E-state index is 0.0431. The number of ether oxygens (including phenoxy) is 1. The van der Waals surface area contributed by atoms with Gasteiger partial charge in [0.2, 0.25) is 5.91 Å². The monoisotopic (exact) mass is 423 g/mol. The summed E-state index contributed by atoms with van der Waals surface area (Å²) in [7, 11) is 1.66. The highest BCUT2D eigenvalue weighted by Gasteiger charge is 2.16. The number of nitrogens with zero attached hydrogens (tertiary/aromatic N) is 2. The maximum atomic E-state index is 12.4. The van der Waals surface area contributed by atoms with Gasteiger partial charge in [0.15, 0.2) is 0 Å². The number of benzene rings is 2. The molecule has 0 aliphatic carbocycles. The summed E-state index contributed by atoms with van der Waals surface area (Å²) in [5.41, 5.74) is 2.70. The first-order chi connectivity index (χ1) is 15.1. The fourth-order valence-corrected chi connectivity index (χ4v) is 3.96. The molecule has 2 aromatic rings. The summed E-state index contributed by atoms with van der Waals surface area (Å²) < 4.78 is 5.42. The van der Waals surface area contributed by atoms with Crippen molar-refractivity contribution in [1.82, 2.24) is 15.1 Å². The van der Waals surface area contributed by atoms with E-state index >= 15 is 0 Å². The Labute approximate surface area is 185 Å². The molecule has 1 aliphatic rings. The normalized spacial score (nSPS) is 14.7. The van der Waals surface area contributed by atoms with Crippen LogP contribution in [0.4, 0.5) is 0 Å². The highest BCUT2D eigenvalue weighted by molar-refractivity contribution is 5.94. The molecule has 1 saturated heterocycles. The summed E-state index contributed by atoms with van der Waals surface area (Å²) in [6, 6.07) is 15.5. The number of hydrogen-bond donors (Lipinski definition) is 1. The Hall–Kier alpha value is -2.86. The zero-order valence-corrected chi connectivity index (χ0v) is 18.6. The Bertz CT molecular complexity index is 867. The summed E-state index contributed by atoms with van der Waals surface area (Å²) >= 11 is 0. The number of hydrogen-bond acceptors (Lipinski definition) is 4. The van der Waals surface area contributed by atoms with E-state index in [1.807, 2.05) is 53.4 Å². The Morgan fingerprint density at radius 2 is 1.74 bits per heavy atom. The maximum Gasteiger partial charge on any atom is 0.251 e. The lowest BCUT2D eigenvalue weighted by Gasteiger charge is -2.21. The number of methoxy groups -OCH3 is 1. The van der Waals surface area contributed by atoms with Gasteiger partial charge in [-0.15, -0.1) is 0 Å². The summed E-state index contributed by atoms with van der Waals surface area (Å²) in [6.45, 7) is 6.97. The van der Waals surface area contributed by atoms with Crippen molar-refractivity contribution >= 4 is 11.8 Å². The quantitative estimate of drug-likeness (QED) is 0.661. The lowest BCUT2D eigenvalue weighted by Crippen LogP contribution is -2.34. The number of rotatable bonds is 8. The molecule has 0 bridgehead atoms. The van der Waals surface area contributed by atoms with Gasteiger partial charge in [0.25, 0.3) is 5.91 Å². The van der Waals surface area contributed by atoms with Crippen molar-refractivity contribution in [3.8, 4) is 16.9 Å². The topological polar surface area (TPSA) is 61.9 Å². The van der Waals surface area contributed by atoms with Crippen molar-refractivity contribution in [1.29, 1.82) is 0 Å². The van der Waals surface area contributed by atoms with Crippen molar-refractivity contribution in [2.75, 3.05) is 46.4 Å². The molecule has 0 atom stereocenters. The molecule has 2 aromatic carbocycles. The number of carbonyl (C=O) groups is 2. The van der Waals surface area contributed by atoms with E-state index < -0.39 is 0 Å². The van der Waals surface area contributed by atoms with Crippen LogP contribution in [0.2, 0.25) is 0 Å². The van der Waals surface area contributed by atoms with Gasteiger partial charge < -0.3 is 19.9 Å². The molecule has 1 fully saturated rings. The van der Waals surface area contributed by atoms with Crippen LogP contribution in [0, 0.1) is 0 Å². The predicted octanol–water partition coefficient (Wildman–Crippen LogP) is 3.43. The van der Waals surface area contributed by atoms with Crippen LogP contribution in [-0.4, -0.2) is 68.0 Å². The van der Waals surface area contributed by atoms with Crippen LogP contribution in [0.5, 0.6) is 5.75 Å². The molecule has 6 nitrogen and oxygen atoms in total. The van der Waals surface area contributed by atoms with E-state index in [0.29, 0.717) is 12.1 Å². The van der Waals surface area contributed by atoms with Crippen LogP contribution in [0.3, 0.4) is 0 Å². The Kier molecular flexibility index (Phi) is 8.47. The lowest BCUT2D eigenvalue weighted by atomic mass is 10.0. The van der Waals surface area contributed by atoms with Crippen molar-refractivity contribution in [3.05, 3.63) is 54.1 Å². The molecule has 0 aromatic heterocycles. The second-order valence-corrected chi connectivity index (χ2v) is 7.94. The van der Waals surface area contributed by atoms with Crippen LogP contribution in [0.15, 0.2) is 48.5 Å². The van der Waals surface area contributed by atoms with E-state index in [9.17, 15) is 9.59 Å². The second kappa shape index (κ2) is 11.5. The van der Waals surface area contributed by atoms with E-state index in [2.05, 4.69) is 10.2 Å². The van der Waals surface area contributed by atoms with Crippen LogP contribution >= 0.6 is 0 Å². The fraction of sp³-hybridized carbons (Fsp3) is 0.440. The summed E-state index contributed by atoms with van der Waals surface area (Å²) in [5, 5.41) is 3.02. The average molecular weight is 424 g/mol. The second-order valence-electron chi connectivity index (χ2n) is 7.94. The van der Waals surface area contributed by atoms with Gasteiger partial charge in [-0.25, -0.2) is 0 Å². The van der Waals surface area contributed by atoms with Gasteiger partial charge in [0, 0.05) is 44.2 Å². The Balaban J connectivity index is 1.39. The molecular formula is C25H33N3O3. The first-order valence-corrected chi connectivity index (χ1v) is 11.1. The highest BCUT2D eigenvalue weighted by Crippen LogP contribution is 2.29. The first kappa shape index (κ1) is 22.8. The smallest absolute Gasteiger partial charge is 0.251 e. The van der Waals surface area contributed by atoms with Crippen molar-refractivity contribution < 1.29 is 14.3 Å². The van der Waals surface area contributed by atoms with Crippen LogP contribution in [0.25, 0.3) is 11.1 Å². The minimum Gasteiger partial charge on any atom is -0.496 e. The highest BCUT2D eigenvalue weighted by atomic mass is 16.5. The van der Waals surface area contributed by atoms with E-state index in [0.717, 1.165) is 68.9 Å². The molecule has 2 amide bonds. The fourth-order valence-electron chi connectivity index (χ4n) is 3.96. The molecule has 1 N–H and O–H groups in total. The first-order valence-electron chi connectivity index (χ1n) is 11.1. The molecular weight excluding hydrogens is 390 g/mol. The van der Waals surface area contributed by atoms with Crippen molar-refractivity contribution in [2.45, 2.75) is 26.2 Å².